The Hall–Kier alpha value is -1.72. The van der Waals surface area contributed by atoms with Crippen LogP contribution in [0.15, 0.2) is 40.9 Å². The zero-order valence-electron chi connectivity index (χ0n) is 12.3. The lowest BCUT2D eigenvalue weighted by Crippen LogP contribution is -2.14. The van der Waals surface area contributed by atoms with Gasteiger partial charge in [0.25, 0.3) is 0 Å². The number of rotatable bonds is 3. The van der Waals surface area contributed by atoms with Crippen LogP contribution in [-0.4, -0.2) is 19.1 Å². The first-order valence-electron chi connectivity index (χ1n) is 7.25. The van der Waals surface area contributed by atoms with Crippen molar-refractivity contribution in [1.82, 2.24) is 0 Å². The lowest BCUT2D eigenvalue weighted by molar-refractivity contribution is -0.115. The summed E-state index contributed by atoms with van der Waals surface area (Å²) >= 11 is 9.62. The summed E-state index contributed by atoms with van der Waals surface area (Å²) in [6.45, 7) is 1.18. The molecule has 0 aliphatic carbocycles. The van der Waals surface area contributed by atoms with Crippen LogP contribution in [0.3, 0.4) is 0 Å². The first kappa shape index (κ1) is 16.1. The molecule has 0 atom stereocenters. The Balaban J connectivity index is 1.74. The lowest BCUT2D eigenvalue weighted by Gasteiger charge is -2.12. The van der Waals surface area contributed by atoms with Crippen LogP contribution in [0, 0.1) is 0 Å². The topological polar surface area (TPSA) is 47.6 Å². The first-order valence-corrected chi connectivity index (χ1v) is 8.42. The van der Waals surface area contributed by atoms with Crippen LogP contribution in [0.5, 0.6) is 11.5 Å². The molecule has 4 nitrogen and oxygen atoms in total. The molecule has 0 unspecified atom stereocenters. The van der Waals surface area contributed by atoms with Gasteiger partial charge in [0.15, 0.2) is 11.5 Å². The quantitative estimate of drug-likeness (QED) is 0.834. The predicted octanol–water partition coefficient (Wildman–Crippen LogP) is 4.45. The van der Waals surface area contributed by atoms with Gasteiger partial charge in [-0.2, -0.15) is 0 Å². The van der Waals surface area contributed by atoms with Crippen LogP contribution in [-0.2, 0) is 11.2 Å². The van der Waals surface area contributed by atoms with E-state index < -0.39 is 0 Å². The summed E-state index contributed by atoms with van der Waals surface area (Å²) < 4.78 is 12.1. The maximum absolute atomic E-state index is 12.2. The summed E-state index contributed by atoms with van der Waals surface area (Å²) in [4.78, 5) is 12.2. The fraction of sp³-hybridized carbons (Fsp3) is 0.235. The normalized spacial score (nSPS) is 13.3. The Kier molecular flexibility index (Phi) is 5.08. The average molecular weight is 397 g/mol. The summed E-state index contributed by atoms with van der Waals surface area (Å²) in [6, 6.07) is 11.0. The van der Waals surface area contributed by atoms with Gasteiger partial charge in [-0.3, -0.25) is 4.79 Å². The number of benzene rings is 2. The number of anilines is 1. The number of hydrogen-bond acceptors (Lipinski definition) is 3. The fourth-order valence-electron chi connectivity index (χ4n) is 2.31. The second kappa shape index (κ2) is 7.23. The van der Waals surface area contributed by atoms with Gasteiger partial charge in [-0.15, -0.1) is 0 Å². The molecule has 1 aliphatic rings. The van der Waals surface area contributed by atoms with E-state index >= 15 is 0 Å². The number of fused-ring (bicyclic) bond motifs is 1. The Morgan fingerprint density at radius 2 is 1.91 bits per heavy atom. The Labute approximate surface area is 147 Å². The fourth-order valence-corrected chi connectivity index (χ4v) is 2.95. The maximum atomic E-state index is 12.2. The minimum Gasteiger partial charge on any atom is -0.490 e. The molecular weight excluding hydrogens is 382 g/mol. The zero-order valence-corrected chi connectivity index (χ0v) is 14.6. The molecule has 0 spiro atoms. The van der Waals surface area contributed by atoms with Crippen molar-refractivity contribution in [1.29, 1.82) is 0 Å². The molecule has 0 aromatic heterocycles. The van der Waals surface area contributed by atoms with Gasteiger partial charge < -0.3 is 14.8 Å². The second-order valence-electron chi connectivity index (χ2n) is 5.18. The number of ether oxygens (including phenoxy) is 2. The Bertz CT molecular complexity index is 736. The van der Waals surface area contributed by atoms with Gasteiger partial charge in [0.2, 0.25) is 5.91 Å². The third-order valence-corrected chi connectivity index (χ3v) is 4.17. The van der Waals surface area contributed by atoms with Gasteiger partial charge in [-0.25, -0.2) is 0 Å². The van der Waals surface area contributed by atoms with Crippen LogP contribution in [0.2, 0.25) is 5.02 Å². The minimum atomic E-state index is -0.139. The molecule has 1 N–H and O–H groups in total. The van der Waals surface area contributed by atoms with Crippen molar-refractivity contribution in [2.75, 3.05) is 18.5 Å². The summed E-state index contributed by atoms with van der Waals surface area (Å²) in [5.41, 5.74) is 1.44. The SMILES string of the molecule is O=C(Cc1cccc(Br)c1)Nc1cc2c(cc1Cl)OCCCO2. The number of carbonyl (C=O) groups is 1. The number of nitrogens with one attached hydrogen (secondary N) is 1. The molecule has 0 fully saturated rings. The van der Waals surface area contributed by atoms with Crippen molar-refractivity contribution in [3.8, 4) is 11.5 Å². The van der Waals surface area contributed by atoms with E-state index in [0.29, 0.717) is 35.4 Å². The predicted molar refractivity (Wildman–Crippen MR) is 93.5 cm³/mol. The standard InChI is InChI=1S/C17H15BrClNO3/c18-12-4-1-3-11(7-12)8-17(21)20-14-10-16-15(9-13(14)19)22-5-2-6-23-16/h1,3-4,7,9-10H,2,5-6,8H2,(H,20,21). The van der Waals surface area contributed by atoms with Gasteiger partial charge in [0.1, 0.15) is 0 Å². The number of amides is 1. The van der Waals surface area contributed by atoms with Crippen molar-refractivity contribution in [3.05, 3.63) is 51.5 Å². The maximum Gasteiger partial charge on any atom is 0.228 e. The molecule has 1 heterocycles. The van der Waals surface area contributed by atoms with Crippen molar-refractivity contribution in [3.63, 3.8) is 0 Å². The van der Waals surface area contributed by atoms with E-state index in [-0.39, 0.29) is 12.3 Å². The average Bonchev–Trinajstić information content (AvgIpc) is 2.72. The Morgan fingerprint density at radius 1 is 1.17 bits per heavy atom. The van der Waals surface area contributed by atoms with Gasteiger partial charge in [-0.05, 0) is 17.7 Å². The van der Waals surface area contributed by atoms with Gasteiger partial charge >= 0.3 is 0 Å². The van der Waals surface area contributed by atoms with Crippen LogP contribution in [0.25, 0.3) is 0 Å². The molecule has 0 saturated carbocycles. The van der Waals surface area contributed by atoms with Crippen molar-refractivity contribution in [2.45, 2.75) is 12.8 Å². The minimum absolute atomic E-state index is 0.139. The molecule has 1 amide bonds. The molecule has 2 aromatic rings. The van der Waals surface area contributed by atoms with Gasteiger partial charge in [-0.1, -0.05) is 39.7 Å². The molecule has 2 aromatic carbocycles. The molecule has 0 bridgehead atoms. The highest BCUT2D eigenvalue weighted by molar-refractivity contribution is 9.10. The molecule has 23 heavy (non-hydrogen) atoms. The monoisotopic (exact) mass is 395 g/mol. The van der Waals surface area contributed by atoms with Crippen molar-refractivity contribution < 1.29 is 14.3 Å². The van der Waals surface area contributed by atoms with E-state index in [1.807, 2.05) is 24.3 Å². The lowest BCUT2D eigenvalue weighted by atomic mass is 10.1. The Morgan fingerprint density at radius 3 is 2.65 bits per heavy atom. The highest BCUT2D eigenvalue weighted by Crippen LogP contribution is 2.37. The van der Waals surface area contributed by atoms with Gasteiger partial charge in [0, 0.05) is 23.0 Å². The van der Waals surface area contributed by atoms with E-state index in [1.165, 1.54) is 0 Å². The first-order chi connectivity index (χ1) is 11.1. The largest absolute Gasteiger partial charge is 0.490 e. The summed E-state index contributed by atoms with van der Waals surface area (Å²) in [7, 11) is 0. The van der Waals surface area contributed by atoms with E-state index in [4.69, 9.17) is 21.1 Å². The molecule has 120 valence electrons. The molecular formula is C17H15BrClNO3. The van der Waals surface area contributed by atoms with Crippen LogP contribution in [0.1, 0.15) is 12.0 Å². The molecule has 3 rings (SSSR count). The van der Waals surface area contributed by atoms with E-state index in [2.05, 4.69) is 21.2 Å². The summed E-state index contributed by atoms with van der Waals surface area (Å²) in [5.74, 6) is 1.07. The third-order valence-electron chi connectivity index (χ3n) is 3.37. The van der Waals surface area contributed by atoms with Gasteiger partial charge in [0.05, 0.1) is 30.3 Å². The van der Waals surface area contributed by atoms with E-state index in [9.17, 15) is 4.79 Å². The van der Waals surface area contributed by atoms with E-state index in [1.54, 1.807) is 12.1 Å². The number of carbonyl (C=O) groups excluding carboxylic acids is 1. The summed E-state index contributed by atoms with van der Waals surface area (Å²) in [5, 5.41) is 3.25. The zero-order chi connectivity index (χ0) is 16.2. The number of hydrogen-bond donors (Lipinski definition) is 1. The van der Waals surface area contributed by atoms with Crippen molar-refractivity contribution >= 4 is 39.1 Å². The smallest absolute Gasteiger partial charge is 0.228 e. The third kappa shape index (κ3) is 4.18. The highest BCUT2D eigenvalue weighted by atomic mass is 79.9. The van der Waals surface area contributed by atoms with E-state index in [0.717, 1.165) is 16.5 Å². The second-order valence-corrected chi connectivity index (χ2v) is 6.51. The molecule has 0 radical (unpaired) electrons. The highest BCUT2D eigenvalue weighted by Gasteiger charge is 2.15. The molecule has 0 saturated heterocycles. The summed E-state index contributed by atoms with van der Waals surface area (Å²) in [6.07, 6.45) is 1.08. The molecule has 6 heteroatoms. The van der Waals surface area contributed by atoms with Crippen molar-refractivity contribution in [2.24, 2.45) is 0 Å². The van der Waals surface area contributed by atoms with Crippen LogP contribution in [0.4, 0.5) is 5.69 Å². The van der Waals surface area contributed by atoms with Crippen LogP contribution < -0.4 is 14.8 Å². The number of halogens is 2. The van der Waals surface area contributed by atoms with Crippen LogP contribution >= 0.6 is 27.5 Å². The molecule has 1 aliphatic heterocycles.